The summed E-state index contributed by atoms with van der Waals surface area (Å²) in [5.74, 6) is -0.0832. The number of methoxy groups -OCH3 is 2. The van der Waals surface area contributed by atoms with E-state index in [-0.39, 0.29) is 55.4 Å². The van der Waals surface area contributed by atoms with E-state index in [1.165, 1.54) is 38.5 Å². The molecule has 6 nitrogen and oxygen atoms in total. The minimum Gasteiger partial charge on any atom is -1.00 e. The van der Waals surface area contributed by atoms with Gasteiger partial charge in [-0.15, -0.1) is 0 Å². The van der Waals surface area contributed by atoms with Gasteiger partial charge in [0.25, 0.3) is 0 Å². The Hall–Kier alpha value is -2.77. The average molecular weight is 395 g/mol. The van der Waals surface area contributed by atoms with E-state index >= 15 is 0 Å². The first-order valence-corrected chi connectivity index (χ1v) is 8.08. The topological polar surface area (TPSA) is 93.1 Å². The molecule has 2 N–H and O–H groups in total. The Kier molecular flexibility index (Phi) is 9.27. The second kappa shape index (κ2) is 11.2. The minimum absolute atomic E-state index is 0. The Morgan fingerprint density at radius 2 is 1.25 bits per heavy atom. The molecule has 0 heterocycles. The summed E-state index contributed by atoms with van der Waals surface area (Å²) in [5, 5.41) is 19.1. The number of aromatic hydroxyl groups is 2. The Morgan fingerprint density at radius 3 is 1.61 bits per heavy atom. The molecule has 0 atom stereocenters. The molecule has 0 unspecified atom stereocenters. The number of carbonyl (C=O) groups excluding carboxylic acids is 2. The van der Waals surface area contributed by atoms with Crippen LogP contribution in [0.2, 0.25) is 0 Å². The van der Waals surface area contributed by atoms with Gasteiger partial charge in [-0.1, -0.05) is 24.3 Å². The predicted octanol–water partition coefficient (Wildman–Crippen LogP) is 3.21. The van der Waals surface area contributed by atoms with E-state index in [1.807, 2.05) is 0 Å². The van der Waals surface area contributed by atoms with Crippen molar-refractivity contribution in [2.75, 3.05) is 14.2 Å². The molecule has 0 fully saturated rings. The van der Waals surface area contributed by atoms with Crippen LogP contribution in [-0.2, 0) is 9.59 Å². The van der Waals surface area contributed by atoms with E-state index in [2.05, 4.69) is 0 Å². The molecule has 0 aliphatic rings. The number of phenolic OH excluding ortho intramolecular Hbond substituents is 2. The first-order valence-electron chi connectivity index (χ1n) is 8.08. The predicted molar refractivity (Wildman–Crippen MR) is 110 cm³/mol. The molecule has 0 saturated carbocycles. The molecular weight excluding hydrogens is 373 g/mol. The largest absolute Gasteiger partial charge is 2.00 e. The number of rotatable bonds is 8. The summed E-state index contributed by atoms with van der Waals surface area (Å²) in [6.07, 6.45) is 5.44. The smallest absolute Gasteiger partial charge is 1.00 e. The molecule has 2 aromatic carbocycles. The summed E-state index contributed by atoms with van der Waals surface area (Å²) in [5.41, 5.74) is 1.33. The normalized spacial score (nSPS) is 10.6. The van der Waals surface area contributed by atoms with Gasteiger partial charge in [-0.3, -0.25) is 9.59 Å². The van der Waals surface area contributed by atoms with Crippen LogP contribution >= 0.6 is 0 Å². The quantitative estimate of drug-likeness (QED) is 0.406. The third-order valence-corrected chi connectivity index (χ3v) is 3.68. The van der Waals surface area contributed by atoms with E-state index in [1.54, 1.807) is 36.4 Å². The van der Waals surface area contributed by atoms with Gasteiger partial charge in [-0.25, -0.2) is 0 Å². The van der Waals surface area contributed by atoms with Crippen molar-refractivity contribution in [3.63, 3.8) is 0 Å². The zero-order valence-corrected chi connectivity index (χ0v) is 17.1. The second-order valence-electron chi connectivity index (χ2n) is 5.64. The molecule has 144 valence electrons. The van der Waals surface area contributed by atoms with Gasteiger partial charge in [0.15, 0.2) is 34.6 Å². The maximum Gasteiger partial charge on any atom is 2.00 e. The summed E-state index contributed by atoms with van der Waals surface area (Å²) in [7, 11) is 2.87. The molecule has 0 amide bonds. The number of benzene rings is 2. The van der Waals surface area contributed by atoms with E-state index < -0.39 is 0 Å². The fourth-order valence-electron chi connectivity index (χ4n) is 2.26. The van der Waals surface area contributed by atoms with Crippen molar-refractivity contribution >= 4 is 46.8 Å². The summed E-state index contributed by atoms with van der Waals surface area (Å²) >= 11 is 0. The van der Waals surface area contributed by atoms with Crippen LogP contribution in [0.3, 0.4) is 0 Å². The number of ketones is 2. The van der Waals surface area contributed by atoms with Crippen LogP contribution < -0.4 is 9.47 Å². The van der Waals surface area contributed by atoms with Crippen LogP contribution in [0.15, 0.2) is 48.6 Å². The SMILES string of the molecule is COc1cc(/C=C/C(=O)CC(=O)/C=C/c2ccc(O)c(OC)c2)ccc1O.[H-].[H-].[Mg+2]. The molecule has 0 aromatic heterocycles. The first-order chi connectivity index (χ1) is 12.9. The van der Waals surface area contributed by atoms with Crippen LogP contribution in [0, 0.1) is 0 Å². The standard InChI is InChI=1S/C21H20O6.Mg.2H/c1-26-20-11-14(5-9-18(20)24)3-7-16(22)13-17(23)8-4-15-6-10-19(25)21(12-15)27-2;;;/h3-12,24-25H,13H2,1-2H3;;;/q;+2;2*-1/b7-3+,8-4+;;;. The molecule has 0 aliphatic heterocycles. The van der Waals surface area contributed by atoms with Crippen LogP contribution in [0.5, 0.6) is 23.0 Å². The van der Waals surface area contributed by atoms with Gasteiger partial charge in [0.2, 0.25) is 0 Å². The van der Waals surface area contributed by atoms with Crippen LogP contribution in [0.1, 0.15) is 20.4 Å². The van der Waals surface area contributed by atoms with Gasteiger partial charge < -0.3 is 22.5 Å². The third-order valence-electron chi connectivity index (χ3n) is 3.68. The van der Waals surface area contributed by atoms with Crippen molar-refractivity contribution in [3.8, 4) is 23.0 Å². The van der Waals surface area contributed by atoms with Crippen molar-refractivity contribution in [2.24, 2.45) is 0 Å². The van der Waals surface area contributed by atoms with E-state index in [0.717, 1.165) is 0 Å². The third kappa shape index (κ3) is 6.75. The summed E-state index contributed by atoms with van der Waals surface area (Å²) in [4.78, 5) is 23.9. The molecular formula is C21H22MgO6. The Labute approximate surface area is 182 Å². The maximum atomic E-state index is 11.9. The second-order valence-corrected chi connectivity index (χ2v) is 5.64. The summed E-state index contributed by atoms with van der Waals surface area (Å²) < 4.78 is 10.00. The minimum atomic E-state index is -0.347. The number of hydrogen-bond donors (Lipinski definition) is 2. The van der Waals surface area contributed by atoms with Gasteiger partial charge in [0, 0.05) is 0 Å². The van der Waals surface area contributed by atoms with Gasteiger partial charge in [0.05, 0.1) is 20.6 Å². The summed E-state index contributed by atoms with van der Waals surface area (Å²) in [6.45, 7) is 0. The van der Waals surface area contributed by atoms with Gasteiger partial charge in [0.1, 0.15) is 0 Å². The van der Waals surface area contributed by atoms with Crippen LogP contribution in [0.25, 0.3) is 12.2 Å². The van der Waals surface area contributed by atoms with Crippen LogP contribution in [-0.4, -0.2) is 59.1 Å². The number of carbonyl (C=O) groups is 2. The molecule has 0 bridgehead atoms. The molecule has 7 heteroatoms. The van der Waals surface area contributed by atoms with E-state index in [4.69, 9.17) is 9.47 Å². The maximum absolute atomic E-state index is 11.9. The Morgan fingerprint density at radius 1 is 0.857 bits per heavy atom. The van der Waals surface area contributed by atoms with Crippen molar-refractivity contribution in [1.82, 2.24) is 0 Å². The van der Waals surface area contributed by atoms with Crippen molar-refractivity contribution in [3.05, 3.63) is 59.7 Å². The Bertz CT molecular complexity index is 839. The number of phenols is 2. The fourth-order valence-corrected chi connectivity index (χ4v) is 2.26. The first kappa shape index (κ1) is 23.3. The van der Waals surface area contributed by atoms with Crippen LogP contribution in [0.4, 0.5) is 0 Å². The molecule has 2 aromatic rings. The van der Waals surface area contributed by atoms with Gasteiger partial charge in [-0.2, -0.15) is 0 Å². The van der Waals surface area contributed by atoms with Gasteiger partial charge >= 0.3 is 23.1 Å². The molecule has 0 spiro atoms. The number of ether oxygens (including phenoxy) is 2. The van der Waals surface area contributed by atoms with Gasteiger partial charge in [-0.05, 0) is 47.5 Å². The average Bonchev–Trinajstić information content (AvgIpc) is 2.66. The van der Waals surface area contributed by atoms with Crippen molar-refractivity contribution in [1.29, 1.82) is 0 Å². The molecule has 2 rings (SSSR count). The molecule has 0 radical (unpaired) electrons. The van der Waals surface area contributed by atoms with E-state index in [9.17, 15) is 19.8 Å². The zero-order chi connectivity index (χ0) is 19.8. The number of allylic oxidation sites excluding steroid dienone is 2. The molecule has 28 heavy (non-hydrogen) atoms. The summed E-state index contributed by atoms with van der Waals surface area (Å²) in [6, 6.07) is 9.34. The van der Waals surface area contributed by atoms with E-state index in [0.29, 0.717) is 22.6 Å². The van der Waals surface area contributed by atoms with Crippen molar-refractivity contribution in [2.45, 2.75) is 6.42 Å². The van der Waals surface area contributed by atoms with Crippen molar-refractivity contribution < 1.29 is 32.1 Å². The zero-order valence-electron chi connectivity index (χ0n) is 17.7. The Balaban J connectivity index is 0. The molecule has 0 aliphatic carbocycles. The number of hydrogen-bond acceptors (Lipinski definition) is 6. The molecule has 0 saturated heterocycles. The monoisotopic (exact) mass is 394 g/mol. The fraction of sp³-hybridized carbons (Fsp3) is 0.143.